The molecule has 0 aliphatic heterocycles. The molecule has 28 heavy (non-hydrogen) atoms. The molecule has 10 heteroatoms. The number of hydrogen-bond donors (Lipinski definition) is 1. The van der Waals surface area contributed by atoms with Gasteiger partial charge in [0.15, 0.2) is 0 Å². The van der Waals surface area contributed by atoms with Gasteiger partial charge in [0.05, 0.1) is 12.2 Å². The molecule has 0 fully saturated rings. The molecule has 1 aromatic carbocycles. The molecule has 1 heterocycles. The smallest absolute Gasteiger partial charge is 0.405 e. The van der Waals surface area contributed by atoms with E-state index in [-0.39, 0.29) is 29.8 Å². The van der Waals surface area contributed by atoms with Gasteiger partial charge in [0.2, 0.25) is 0 Å². The number of carbonyl (C=O) groups excluding carboxylic acids is 1. The summed E-state index contributed by atoms with van der Waals surface area (Å²) >= 11 is 3.08. The quantitative estimate of drug-likeness (QED) is 0.609. The van der Waals surface area contributed by atoms with Crippen LogP contribution in [0.4, 0.5) is 13.2 Å². The lowest BCUT2D eigenvalue weighted by molar-refractivity contribution is -0.274. The topological polar surface area (TPSA) is 69.6 Å². The molecule has 0 saturated heterocycles. The molecule has 0 aliphatic rings. The second-order valence-corrected chi connectivity index (χ2v) is 6.54. The van der Waals surface area contributed by atoms with Gasteiger partial charge in [0, 0.05) is 42.0 Å². The van der Waals surface area contributed by atoms with Crippen molar-refractivity contribution in [3.8, 4) is 5.75 Å². The largest absolute Gasteiger partial charge is 0.573 e. The number of nitrogens with zero attached hydrogens (tertiary/aromatic N) is 1. The third-order valence-electron chi connectivity index (χ3n) is 3.62. The van der Waals surface area contributed by atoms with Crippen LogP contribution in [0, 0.1) is 0 Å². The Morgan fingerprint density at radius 3 is 2.68 bits per heavy atom. The summed E-state index contributed by atoms with van der Waals surface area (Å²) in [6.45, 7) is 2.74. The van der Waals surface area contributed by atoms with E-state index in [9.17, 15) is 22.8 Å². The summed E-state index contributed by atoms with van der Waals surface area (Å²) in [5.41, 5.74) is 0.0649. The van der Waals surface area contributed by atoms with Crippen LogP contribution < -0.4 is 15.6 Å². The van der Waals surface area contributed by atoms with E-state index in [1.54, 1.807) is 6.07 Å². The van der Waals surface area contributed by atoms with Gasteiger partial charge in [0.1, 0.15) is 5.75 Å². The molecular weight excluding hydrogens is 445 g/mol. The molecule has 6 nitrogen and oxygen atoms in total. The molecule has 0 aliphatic carbocycles. The van der Waals surface area contributed by atoms with Gasteiger partial charge in [-0.15, -0.1) is 13.2 Å². The van der Waals surface area contributed by atoms with E-state index < -0.39 is 18.0 Å². The Morgan fingerprint density at radius 1 is 1.25 bits per heavy atom. The molecule has 0 unspecified atom stereocenters. The van der Waals surface area contributed by atoms with Crippen LogP contribution >= 0.6 is 15.9 Å². The Kier molecular flexibility index (Phi) is 7.64. The van der Waals surface area contributed by atoms with Gasteiger partial charge in [0.25, 0.3) is 11.5 Å². The van der Waals surface area contributed by atoms with Crippen molar-refractivity contribution in [2.24, 2.45) is 0 Å². The fourth-order valence-corrected chi connectivity index (χ4v) is 2.66. The predicted octanol–water partition coefficient (Wildman–Crippen LogP) is 3.48. The van der Waals surface area contributed by atoms with Crippen molar-refractivity contribution in [3.05, 3.63) is 62.5 Å². The first kappa shape index (κ1) is 22.0. The van der Waals surface area contributed by atoms with Gasteiger partial charge in [-0.05, 0) is 25.1 Å². The average Bonchev–Trinajstić information content (AvgIpc) is 2.61. The van der Waals surface area contributed by atoms with E-state index in [4.69, 9.17) is 4.74 Å². The Morgan fingerprint density at radius 2 is 2.00 bits per heavy atom. The van der Waals surface area contributed by atoms with Crippen LogP contribution in [0.1, 0.15) is 22.8 Å². The summed E-state index contributed by atoms with van der Waals surface area (Å²) in [6, 6.07) is 6.72. The SMILES string of the molecule is CCOCCn1cc(C(=O)NCc2ccc(Br)cc2OC(F)(F)F)ccc1=O. The van der Waals surface area contributed by atoms with E-state index in [1.165, 1.54) is 35.0 Å². The van der Waals surface area contributed by atoms with E-state index in [2.05, 4.69) is 26.0 Å². The minimum absolute atomic E-state index is 0.151. The van der Waals surface area contributed by atoms with Gasteiger partial charge in [-0.25, -0.2) is 0 Å². The maximum absolute atomic E-state index is 12.6. The van der Waals surface area contributed by atoms with Crippen molar-refractivity contribution in [3.63, 3.8) is 0 Å². The van der Waals surface area contributed by atoms with Crippen LogP contribution in [0.15, 0.2) is 45.8 Å². The molecule has 0 spiro atoms. The van der Waals surface area contributed by atoms with Gasteiger partial charge < -0.3 is 19.4 Å². The first-order chi connectivity index (χ1) is 13.2. The number of amides is 1. The molecule has 1 N–H and O–H groups in total. The van der Waals surface area contributed by atoms with E-state index in [1.807, 2.05) is 6.92 Å². The van der Waals surface area contributed by atoms with Crippen molar-refractivity contribution >= 4 is 21.8 Å². The third-order valence-corrected chi connectivity index (χ3v) is 4.11. The number of pyridine rings is 1. The van der Waals surface area contributed by atoms with Crippen molar-refractivity contribution in [2.75, 3.05) is 13.2 Å². The molecule has 0 bridgehead atoms. The van der Waals surface area contributed by atoms with Crippen LogP contribution in [-0.4, -0.2) is 30.1 Å². The number of rotatable bonds is 8. The first-order valence-electron chi connectivity index (χ1n) is 8.30. The van der Waals surface area contributed by atoms with Crippen LogP contribution in [0.5, 0.6) is 5.75 Å². The highest BCUT2D eigenvalue weighted by atomic mass is 79.9. The Hall–Kier alpha value is -2.33. The predicted molar refractivity (Wildman–Crippen MR) is 99.2 cm³/mol. The zero-order chi connectivity index (χ0) is 20.7. The lowest BCUT2D eigenvalue weighted by atomic mass is 10.2. The maximum atomic E-state index is 12.6. The minimum Gasteiger partial charge on any atom is -0.405 e. The monoisotopic (exact) mass is 462 g/mol. The standard InChI is InChI=1S/C18H18BrF3N2O4/c1-2-27-8-7-24-11-13(4-6-16(24)25)17(26)23-10-12-3-5-14(19)9-15(12)28-18(20,21)22/h3-6,9,11H,2,7-8,10H2,1H3,(H,23,26). The summed E-state index contributed by atoms with van der Waals surface area (Å²) in [5.74, 6) is -0.949. The number of alkyl halides is 3. The molecule has 152 valence electrons. The first-order valence-corrected chi connectivity index (χ1v) is 9.09. The fourth-order valence-electron chi connectivity index (χ4n) is 2.32. The van der Waals surface area contributed by atoms with E-state index in [0.29, 0.717) is 17.7 Å². The second kappa shape index (κ2) is 9.74. The molecule has 2 aromatic rings. The van der Waals surface area contributed by atoms with Crippen molar-refractivity contribution in [1.82, 2.24) is 9.88 Å². The Bertz CT molecular complexity index is 884. The maximum Gasteiger partial charge on any atom is 0.573 e. The molecule has 0 atom stereocenters. The number of ether oxygens (including phenoxy) is 2. The van der Waals surface area contributed by atoms with Crippen LogP contribution in [0.25, 0.3) is 0 Å². The normalized spacial score (nSPS) is 11.3. The third kappa shape index (κ3) is 6.68. The van der Waals surface area contributed by atoms with Crippen LogP contribution in [0.3, 0.4) is 0 Å². The molecule has 0 saturated carbocycles. The number of benzene rings is 1. The molecule has 1 amide bonds. The van der Waals surface area contributed by atoms with Crippen molar-refractivity contribution in [1.29, 1.82) is 0 Å². The second-order valence-electron chi connectivity index (χ2n) is 5.63. The lowest BCUT2D eigenvalue weighted by Crippen LogP contribution is -2.27. The molecule has 0 radical (unpaired) electrons. The highest BCUT2D eigenvalue weighted by Gasteiger charge is 2.32. The number of halogens is 4. The van der Waals surface area contributed by atoms with E-state index >= 15 is 0 Å². The minimum atomic E-state index is -4.85. The average molecular weight is 463 g/mol. The Labute approximate surface area is 167 Å². The molecule has 2 rings (SSSR count). The van der Waals surface area contributed by atoms with Gasteiger partial charge in [-0.2, -0.15) is 0 Å². The molecule has 1 aromatic heterocycles. The summed E-state index contributed by atoms with van der Waals surface area (Å²) in [5, 5.41) is 2.53. The number of hydrogen-bond acceptors (Lipinski definition) is 4. The molecular formula is C18H18BrF3N2O4. The number of nitrogens with one attached hydrogen (secondary N) is 1. The fraction of sp³-hybridized carbons (Fsp3) is 0.333. The van der Waals surface area contributed by atoms with Gasteiger partial charge >= 0.3 is 6.36 Å². The highest BCUT2D eigenvalue weighted by molar-refractivity contribution is 9.10. The van der Waals surface area contributed by atoms with Gasteiger partial charge in [-0.1, -0.05) is 22.0 Å². The van der Waals surface area contributed by atoms with Crippen LogP contribution in [0.2, 0.25) is 0 Å². The highest BCUT2D eigenvalue weighted by Crippen LogP contribution is 2.29. The van der Waals surface area contributed by atoms with E-state index in [0.717, 1.165) is 0 Å². The van der Waals surface area contributed by atoms with Gasteiger partial charge in [-0.3, -0.25) is 9.59 Å². The summed E-state index contributed by atoms with van der Waals surface area (Å²) in [7, 11) is 0. The summed E-state index contributed by atoms with van der Waals surface area (Å²) in [4.78, 5) is 24.2. The number of carbonyl (C=O) groups is 1. The van der Waals surface area contributed by atoms with Crippen LogP contribution in [-0.2, 0) is 17.8 Å². The lowest BCUT2D eigenvalue weighted by Gasteiger charge is -2.14. The zero-order valence-electron chi connectivity index (χ0n) is 14.9. The number of aromatic nitrogens is 1. The zero-order valence-corrected chi connectivity index (χ0v) is 16.5. The Balaban J connectivity index is 2.10. The summed E-state index contributed by atoms with van der Waals surface area (Å²) in [6.07, 6.45) is -3.47. The van der Waals surface area contributed by atoms with Crippen molar-refractivity contribution < 1.29 is 27.4 Å². The summed E-state index contributed by atoms with van der Waals surface area (Å²) < 4.78 is 48.6. The van der Waals surface area contributed by atoms with Crippen molar-refractivity contribution in [2.45, 2.75) is 26.4 Å².